The SMILES string of the molecule is CC(C)C[C@H](N)C(O)c1nn(CC2CC2)c(=O)o1. The average molecular weight is 255 g/mol. The Labute approximate surface area is 106 Å². The van der Waals surface area contributed by atoms with Crippen LogP contribution in [0.5, 0.6) is 0 Å². The van der Waals surface area contributed by atoms with Crippen LogP contribution in [0, 0.1) is 11.8 Å². The molecule has 1 aliphatic rings. The molecule has 6 nitrogen and oxygen atoms in total. The van der Waals surface area contributed by atoms with Crippen LogP contribution in [0.4, 0.5) is 0 Å². The Morgan fingerprint density at radius 3 is 2.78 bits per heavy atom. The maximum atomic E-state index is 11.5. The van der Waals surface area contributed by atoms with Crippen molar-refractivity contribution in [3.05, 3.63) is 16.4 Å². The third-order valence-electron chi connectivity index (χ3n) is 3.15. The van der Waals surface area contributed by atoms with Crippen molar-refractivity contribution in [2.75, 3.05) is 0 Å². The van der Waals surface area contributed by atoms with Crippen molar-refractivity contribution in [3.63, 3.8) is 0 Å². The van der Waals surface area contributed by atoms with E-state index in [1.807, 2.05) is 13.8 Å². The van der Waals surface area contributed by atoms with Gasteiger partial charge in [-0.2, -0.15) is 4.68 Å². The fourth-order valence-corrected chi connectivity index (χ4v) is 1.96. The quantitative estimate of drug-likeness (QED) is 0.778. The fourth-order valence-electron chi connectivity index (χ4n) is 1.96. The van der Waals surface area contributed by atoms with E-state index in [1.165, 1.54) is 4.68 Å². The van der Waals surface area contributed by atoms with Crippen LogP contribution in [0.15, 0.2) is 9.21 Å². The normalized spacial score (nSPS) is 19.2. The van der Waals surface area contributed by atoms with Gasteiger partial charge in [-0.3, -0.25) is 0 Å². The smallest absolute Gasteiger partial charge is 0.389 e. The summed E-state index contributed by atoms with van der Waals surface area (Å²) in [6.45, 7) is 4.62. The minimum absolute atomic E-state index is 0.0359. The highest BCUT2D eigenvalue weighted by molar-refractivity contribution is 4.89. The first-order chi connectivity index (χ1) is 8.47. The molecule has 1 fully saturated rings. The summed E-state index contributed by atoms with van der Waals surface area (Å²) < 4.78 is 6.26. The van der Waals surface area contributed by atoms with Gasteiger partial charge < -0.3 is 15.3 Å². The molecule has 1 unspecified atom stereocenters. The summed E-state index contributed by atoms with van der Waals surface area (Å²) in [5.41, 5.74) is 5.86. The lowest BCUT2D eigenvalue weighted by molar-refractivity contribution is 0.105. The molecule has 0 radical (unpaired) electrons. The van der Waals surface area contributed by atoms with Gasteiger partial charge in [0.25, 0.3) is 0 Å². The average Bonchev–Trinajstić information content (AvgIpc) is 3.01. The lowest BCUT2D eigenvalue weighted by atomic mass is 10.0. The molecule has 1 heterocycles. The predicted molar refractivity (Wildman–Crippen MR) is 65.9 cm³/mol. The molecule has 1 aliphatic carbocycles. The van der Waals surface area contributed by atoms with Crippen LogP contribution in [0.1, 0.15) is 45.1 Å². The summed E-state index contributed by atoms with van der Waals surface area (Å²) in [6.07, 6.45) is 1.90. The maximum Gasteiger partial charge on any atom is 0.437 e. The van der Waals surface area contributed by atoms with Crippen molar-refractivity contribution in [2.24, 2.45) is 17.6 Å². The number of nitrogens with two attached hydrogens (primary N) is 1. The molecule has 6 heteroatoms. The monoisotopic (exact) mass is 255 g/mol. The van der Waals surface area contributed by atoms with Crippen LogP contribution in [-0.2, 0) is 6.54 Å². The topological polar surface area (TPSA) is 94.3 Å². The molecule has 1 saturated carbocycles. The molecular weight excluding hydrogens is 234 g/mol. The van der Waals surface area contributed by atoms with Gasteiger partial charge in [-0.1, -0.05) is 13.8 Å². The van der Waals surface area contributed by atoms with Crippen LogP contribution in [0.25, 0.3) is 0 Å². The second-order valence-electron chi connectivity index (χ2n) is 5.57. The van der Waals surface area contributed by atoms with Crippen molar-refractivity contribution in [2.45, 2.75) is 51.8 Å². The lowest BCUT2D eigenvalue weighted by Gasteiger charge is -2.17. The summed E-state index contributed by atoms with van der Waals surface area (Å²) in [7, 11) is 0. The molecule has 2 rings (SSSR count). The van der Waals surface area contributed by atoms with E-state index in [4.69, 9.17) is 10.2 Å². The Bertz CT molecular complexity index is 448. The van der Waals surface area contributed by atoms with Gasteiger partial charge in [-0.25, -0.2) is 4.79 Å². The highest BCUT2D eigenvalue weighted by atomic mass is 16.4. The summed E-state index contributed by atoms with van der Waals surface area (Å²) in [5.74, 6) is 0.429. The van der Waals surface area contributed by atoms with Crippen molar-refractivity contribution in [1.29, 1.82) is 0 Å². The van der Waals surface area contributed by atoms with Crippen LogP contribution in [0.2, 0.25) is 0 Å². The van der Waals surface area contributed by atoms with Gasteiger partial charge in [0.1, 0.15) is 6.10 Å². The molecule has 2 atom stereocenters. The molecule has 1 aromatic heterocycles. The summed E-state index contributed by atoms with van der Waals surface area (Å²) in [6, 6.07) is -0.461. The van der Waals surface area contributed by atoms with Gasteiger partial charge in [0.15, 0.2) is 0 Å². The molecule has 0 aromatic carbocycles. The molecule has 0 spiro atoms. The van der Waals surface area contributed by atoms with Gasteiger partial charge in [0.2, 0.25) is 5.89 Å². The zero-order chi connectivity index (χ0) is 13.3. The zero-order valence-corrected chi connectivity index (χ0v) is 10.9. The van der Waals surface area contributed by atoms with Gasteiger partial charge in [-0.15, -0.1) is 5.10 Å². The predicted octanol–water partition coefficient (Wildman–Crippen LogP) is 0.653. The largest absolute Gasteiger partial charge is 0.437 e. The number of rotatable bonds is 6. The van der Waals surface area contributed by atoms with E-state index >= 15 is 0 Å². The highest BCUT2D eigenvalue weighted by Crippen LogP contribution is 2.30. The first kappa shape index (κ1) is 13.3. The number of hydrogen-bond acceptors (Lipinski definition) is 5. The van der Waals surface area contributed by atoms with Crippen molar-refractivity contribution >= 4 is 0 Å². The van der Waals surface area contributed by atoms with E-state index in [1.54, 1.807) is 0 Å². The van der Waals surface area contributed by atoms with E-state index < -0.39 is 17.9 Å². The van der Waals surface area contributed by atoms with Crippen LogP contribution in [0.3, 0.4) is 0 Å². The Morgan fingerprint density at radius 2 is 2.22 bits per heavy atom. The first-order valence-corrected chi connectivity index (χ1v) is 6.49. The molecule has 1 aromatic rings. The molecule has 0 amide bonds. The van der Waals surface area contributed by atoms with E-state index in [-0.39, 0.29) is 5.89 Å². The summed E-state index contributed by atoms with van der Waals surface area (Å²) >= 11 is 0. The number of aromatic nitrogens is 2. The fraction of sp³-hybridized carbons (Fsp3) is 0.833. The number of hydrogen-bond donors (Lipinski definition) is 2. The van der Waals surface area contributed by atoms with Gasteiger partial charge in [-0.05, 0) is 31.1 Å². The summed E-state index contributed by atoms with van der Waals surface area (Å²) in [5, 5.41) is 14.0. The summed E-state index contributed by atoms with van der Waals surface area (Å²) in [4.78, 5) is 11.5. The van der Waals surface area contributed by atoms with E-state index in [2.05, 4.69) is 5.10 Å². The first-order valence-electron chi connectivity index (χ1n) is 6.49. The minimum Gasteiger partial charge on any atom is -0.389 e. The van der Waals surface area contributed by atoms with E-state index in [0.717, 1.165) is 12.8 Å². The molecular formula is C12H21N3O3. The number of nitrogens with zero attached hydrogens (tertiary/aromatic N) is 2. The Kier molecular flexibility index (Phi) is 3.87. The maximum absolute atomic E-state index is 11.5. The second kappa shape index (κ2) is 5.24. The molecule has 18 heavy (non-hydrogen) atoms. The number of aliphatic hydroxyl groups is 1. The van der Waals surface area contributed by atoms with Crippen LogP contribution in [-0.4, -0.2) is 20.9 Å². The van der Waals surface area contributed by atoms with Crippen LogP contribution >= 0.6 is 0 Å². The Balaban J connectivity index is 2.05. The van der Waals surface area contributed by atoms with Crippen molar-refractivity contribution < 1.29 is 9.52 Å². The van der Waals surface area contributed by atoms with Crippen molar-refractivity contribution in [3.8, 4) is 0 Å². The number of aliphatic hydroxyl groups excluding tert-OH is 1. The van der Waals surface area contributed by atoms with E-state index in [9.17, 15) is 9.90 Å². The zero-order valence-electron chi connectivity index (χ0n) is 10.9. The van der Waals surface area contributed by atoms with Gasteiger partial charge in [0.05, 0.1) is 6.54 Å². The molecule has 102 valence electrons. The Morgan fingerprint density at radius 1 is 1.56 bits per heavy atom. The lowest BCUT2D eigenvalue weighted by Crippen LogP contribution is -2.30. The third-order valence-corrected chi connectivity index (χ3v) is 3.15. The van der Waals surface area contributed by atoms with Crippen LogP contribution < -0.4 is 11.5 Å². The minimum atomic E-state index is -1.01. The van der Waals surface area contributed by atoms with Gasteiger partial charge in [0, 0.05) is 6.04 Å². The van der Waals surface area contributed by atoms with Crippen molar-refractivity contribution in [1.82, 2.24) is 9.78 Å². The molecule has 0 saturated heterocycles. The third kappa shape index (κ3) is 3.20. The molecule has 3 N–H and O–H groups in total. The van der Waals surface area contributed by atoms with E-state index in [0.29, 0.717) is 24.8 Å². The molecule has 0 bridgehead atoms. The standard InChI is InChI=1S/C12H21N3O3/c1-7(2)5-9(13)10(16)11-14-15(12(17)18-11)6-8-3-4-8/h7-10,16H,3-6,13H2,1-2H3/t9-,10?/m0/s1. The highest BCUT2D eigenvalue weighted by Gasteiger charge is 2.27. The molecule has 0 aliphatic heterocycles. The second-order valence-corrected chi connectivity index (χ2v) is 5.57. The van der Waals surface area contributed by atoms with Gasteiger partial charge >= 0.3 is 5.76 Å². The Hall–Kier alpha value is -1.14.